The molecule has 0 aliphatic carbocycles. The van der Waals surface area contributed by atoms with Gasteiger partial charge in [0.1, 0.15) is 0 Å². The van der Waals surface area contributed by atoms with Crippen molar-refractivity contribution >= 4 is 0 Å². The van der Waals surface area contributed by atoms with E-state index in [1.54, 1.807) is 0 Å². The van der Waals surface area contributed by atoms with Crippen molar-refractivity contribution < 1.29 is 0 Å². The summed E-state index contributed by atoms with van der Waals surface area (Å²) >= 11 is 0. The lowest BCUT2D eigenvalue weighted by Crippen LogP contribution is -2.12. The van der Waals surface area contributed by atoms with Gasteiger partial charge in [0.05, 0.1) is 12.2 Å². The highest BCUT2D eigenvalue weighted by atomic mass is 15.1. The zero-order valence-electron chi connectivity index (χ0n) is 7.76. The molecule has 0 spiro atoms. The van der Waals surface area contributed by atoms with Crippen molar-refractivity contribution in [3.8, 4) is 0 Å². The molecule has 0 amide bonds. The first-order chi connectivity index (χ1) is 5.00. The van der Waals surface area contributed by atoms with Gasteiger partial charge in [-0.25, -0.2) is 0 Å². The molecule has 0 fully saturated rings. The van der Waals surface area contributed by atoms with Gasteiger partial charge >= 0.3 is 0 Å². The number of hydrogen-bond donors (Lipinski definition) is 0. The van der Waals surface area contributed by atoms with Crippen molar-refractivity contribution in [2.24, 2.45) is 21.6 Å². The second-order valence-corrected chi connectivity index (χ2v) is 4.20. The number of allylic oxidation sites excluding steroid dienone is 1. The molecule has 1 aliphatic rings. The number of rotatable bonds is 0. The summed E-state index contributed by atoms with van der Waals surface area (Å²) in [6.07, 6.45) is 2.22. The van der Waals surface area contributed by atoms with Crippen molar-refractivity contribution in [2.45, 2.75) is 27.7 Å². The van der Waals surface area contributed by atoms with Crippen LogP contribution in [0.2, 0.25) is 0 Å². The first-order valence-electron chi connectivity index (χ1n) is 4.10. The lowest BCUT2D eigenvalue weighted by atomic mass is 9.90. The second kappa shape index (κ2) is 2.76. The Morgan fingerprint density at radius 2 is 2.09 bits per heavy atom. The molecule has 0 radical (unpaired) electrons. The summed E-state index contributed by atoms with van der Waals surface area (Å²) in [5, 5.41) is 8.20. The van der Waals surface area contributed by atoms with Crippen LogP contribution < -0.4 is 0 Å². The molecule has 0 bridgehead atoms. The van der Waals surface area contributed by atoms with Crippen LogP contribution in [0, 0.1) is 11.3 Å². The van der Waals surface area contributed by atoms with Crippen LogP contribution in [0.4, 0.5) is 0 Å². The Hall–Kier alpha value is -0.660. The summed E-state index contributed by atoms with van der Waals surface area (Å²) < 4.78 is 0. The van der Waals surface area contributed by atoms with Crippen molar-refractivity contribution in [1.29, 1.82) is 0 Å². The van der Waals surface area contributed by atoms with Crippen LogP contribution in [-0.2, 0) is 0 Å². The minimum atomic E-state index is 0.151. The van der Waals surface area contributed by atoms with Crippen molar-refractivity contribution in [2.75, 3.05) is 6.54 Å². The molecule has 62 valence electrons. The summed E-state index contributed by atoms with van der Waals surface area (Å²) in [5.41, 5.74) is 1.27. The fourth-order valence-electron chi connectivity index (χ4n) is 1.00. The van der Waals surface area contributed by atoms with Crippen LogP contribution in [-0.4, -0.2) is 6.54 Å². The summed E-state index contributed by atoms with van der Waals surface area (Å²) in [6.45, 7) is 9.51. The molecule has 2 nitrogen and oxygen atoms in total. The smallest absolute Gasteiger partial charge is 0.0664 e. The molecule has 0 aromatic carbocycles. The fraction of sp³-hybridized carbons (Fsp3) is 0.778. The van der Waals surface area contributed by atoms with Crippen LogP contribution in [0.3, 0.4) is 0 Å². The van der Waals surface area contributed by atoms with Gasteiger partial charge in [0, 0.05) is 5.41 Å². The minimum Gasteiger partial charge on any atom is -0.188 e. The zero-order chi connectivity index (χ0) is 8.48. The number of azo groups is 1. The average Bonchev–Trinajstić information content (AvgIpc) is 1.86. The normalized spacial score (nSPS) is 25.1. The zero-order valence-corrected chi connectivity index (χ0v) is 7.76. The van der Waals surface area contributed by atoms with E-state index in [-0.39, 0.29) is 5.41 Å². The topological polar surface area (TPSA) is 24.7 Å². The minimum absolute atomic E-state index is 0.151. The molecule has 1 rings (SSSR count). The predicted octanol–water partition coefficient (Wildman–Crippen LogP) is 3.02. The molecule has 0 aromatic heterocycles. The summed E-state index contributed by atoms with van der Waals surface area (Å²) in [7, 11) is 0. The maximum absolute atomic E-state index is 4.14. The largest absolute Gasteiger partial charge is 0.188 e. The Kier molecular flexibility index (Phi) is 2.12. The SMILES string of the molecule is CC1C=C(C(C)(C)C)N=NC1. The Morgan fingerprint density at radius 3 is 2.45 bits per heavy atom. The van der Waals surface area contributed by atoms with Gasteiger partial charge < -0.3 is 0 Å². The van der Waals surface area contributed by atoms with Gasteiger partial charge in [0.2, 0.25) is 0 Å². The van der Waals surface area contributed by atoms with Gasteiger partial charge in [-0.15, -0.1) is 0 Å². The van der Waals surface area contributed by atoms with Gasteiger partial charge in [-0.1, -0.05) is 33.8 Å². The monoisotopic (exact) mass is 152 g/mol. The lowest BCUT2D eigenvalue weighted by molar-refractivity contribution is 0.469. The van der Waals surface area contributed by atoms with Gasteiger partial charge in [-0.05, 0) is 5.92 Å². The van der Waals surface area contributed by atoms with Crippen LogP contribution >= 0.6 is 0 Å². The fourth-order valence-corrected chi connectivity index (χ4v) is 1.00. The summed E-state index contributed by atoms with van der Waals surface area (Å²) in [5.74, 6) is 0.557. The highest BCUT2D eigenvalue weighted by Crippen LogP contribution is 2.29. The van der Waals surface area contributed by atoms with E-state index < -0.39 is 0 Å². The molecule has 0 saturated carbocycles. The molecule has 0 aromatic rings. The van der Waals surface area contributed by atoms with E-state index in [2.05, 4.69) is 44.0 Å². The van der Waals surface area contributed by atoms with Crippen LogP contribution in [0.25, 0.3) is 0 Å². The van der Waals surface area contributed by atoms with Crippen molar-refractivity contribution in [3.05, 3.63) is 11.8 Å². The molecule has 0 saturated heterocycles. The molecule has 1 aliphatic heterocycles. The van der Waals surface area contributed by atoms with E-state index >= 15 is 0 Å². The van der Waals surface area contributed by atoms with E-state index in [0.717, 1.165) is 12.2 Å². The first kappa shape index (κ1) is 8.44. The third-order valence-electron chi connectivity index (χ3n) is 1.76. The van der Waals surface area contributed by atoms with E-state index in [1.807, 2.05) is 0 Å². The van der Waals surface area contributed by atoms with E-state index in [9.17, 15) is 0 Å². The van der Waals surface area contributed by atoms with Gasteiger partial charge in [-0.3, -0.25) is 0 Å². The second-order valence-electron chi connectivity index (χ2n) is 4.20. The maximum atomic E-state index is 4.14. The van der Waals surface area contributed by atoms with Crippen molar-refractivity contribution in [3.63, 3.8) is 0 Å². The Bertz CT molecular complexity index is 196. The molecule has 1 atom stereocenters. The van der Waals surface area contributed by atoms with E-state index in [4.69, 9.17) is 0 Å². The van der Waals surface area contributed by atoms with Crippen molar-refractivity contribution in [1.82, 2.24) is 0 Å². The molecular formula is C9H16N2. The van der Waals surface area contributed by atoms with Gasteiger partial charge in [-0.2, -0.15) is 10.2 Å². The predicted molar refractivity (Wildman–Crippen MR) is 46.4 cm³/mol. The standard InChI is InChI=1S/C9H16N2/c1-7-5-8(9(2,3)4)11-10-6-7/h5,7H,6H2,1-4H3. The molecule has 1 heterocycles. The lowest BCUT2D eigenvalue weighted by Gasteiger charge is -2.21. The molecule has 0 N–H and O–H groups in total. The highest BCUT2D eigenvalue weighted by molar-refractivity contribution is 5.11. The maximum Gasteiger partial charge on any atom is 0.0664 e. The average molecular weight is 152 g/mol. The Labute approximate surface area is 68.4 Å². The van der Waals surface area contributed by atoms with Crippen LogP contribution in [0.1, 0.15) is 27.7 Å². The van der Waals surface area contributed by atoms with E-state index in [0.29, 0.717) is 5.92 Å². The number of nitrogens with zero attached hydrogens (tertiary/aromatic N) is 2. The van der Waals surface area contributed by atoms with Crippen LogP contribution in [0.15, 0.2) is 22.0 Å². The van der Waals surface area contributed by atoms with Gasteiger partial charge in [0.25, 0.3) is 0 Å². The Balaban J connectivity index is 2.80. The summed E-state index contributed by atoms with van der Waals surface area (Å²) in [4.78, 5) is 0. The quantitative estimate of drug-likeness (QED) is 0.509. The number of hydrogen-bond acceptors (Lipinski definition) is 2. The van der Waals surface area contributed by atoms with E-state index in [1.165, 1.54) is 0 Å². The summed E-state index contributed by atoms with van der Waals surface area (Å²) in [6, 6.07) is 0. The Morgan fingerprint density at radius 1 is 1.45 bits per heavy atom. The highest BCUT2D eigenvalue weighted by Gasteiger charge is 2.19. The third kappa shape index (κ3) is 2.14. The van der Waals surface area contributed by atoms with Gasteiger partial charge in [0.15, 0.2) is 0 Å². The molecule has 1 unspecified atom stereocenters. The first-order valence-corrected chi connectivity index (χ1v) is 4.10. The third-order valence-corrected chi connectivity index (χ3v) is 1.76. The van der Waals surface area contributed by atoms with Crippen LogP contribution in [0.5, 0.6) is 0 Å². The molecular weight excluding hydrogens is 136 g/mol. The molecule has 2 heteroatoms. The molecule has 11 heavy (non-hydrogen) atoms.